The average molecular weight is 217 g/mol. The van der Waals surface area contributed by atoms with Gasteiger partial charge in [0.05, 0.1) is 5.69 Å². The van der Waals surface area contributed by atoms with Crippen molar-refractivity contribution in [2.75, 3.05) is 11.6 Å². The molecule has 0 amide bonds. The first-order valence-electron chi connectivity index (χ1n) is 4.00. The molecule has 1 aromatic rings. The largest absolute Gasteiger partial charge is 0.325 e. The van der Waals surface area contributed by atoms with Gasteiger partial charge in [-0.05, 0) is 12.1 Å². The van der Waals surface area contributed by atoms with Gasteiger partial charge in [-0.3, -0.25) is 4.42 Å². The Morgan fingerprint density at radius 1 is 1.21 bits per heavy atom. The third-order valence-corrected chi connectivity index (χ3v) is 2.16. The summed E-state index contributed by atoms with van der Waals surface area (Å²) in [5.74, 6) is -1.71. The van der Waals surface area contributed by atoms with E-state index >= 15 is 0 Å². The van der Waals surface area contributed by atoms with E-state index in [9.17, 15) is 8.78 Å². The van der Waals surface area contributed by atoms with Gasteiger partial charge in [0, 0.05) is 24.2 Å². The number of rotatable bonds is 1. The molecule has 1 aliphatic rings. The lowest BCUT2D eigenvalue weighted by molar-refractivity contribution is 0.506. The third kappa shape index (κ3) is 1.53. The van der Waals surface area contributed by atoms with Gasteiger partial charge in [0.1, 0.15) is 6.67 Å². The molecule has 0 unspecified atom stereocenters. The summed E-state index contributed by atoms with van der Waals surface area (Å²) < 4.78 is 27.5. The predicted molar refractivity (Wildman–Crippen MR) is 50.5 cm³/mol. The summed E-state index contributed by atoms with van der Waals surface area (Å²) in [6.07, 6.45) is 3.16. The minimum atomic E-state index is -0.857. The molecule has 1 aromatic carbocycles. The highest BCUT2D eigenvalue weighted by Crippen LogP contribution is 2.24. The average Bonchev–Trinajstić information content (AvgIpc) is 2.57. The first kappa shape index (κ1) is 9.27. The van der Waals surface area contributed by atoms with Crippen molar-refractivity contribution < 1.29 is 8.78 Å². The van der Waals surface area contributed by atoms with Crippen LogP contribution in [0.2, 0.25) is 0 Å². The molecule has 14 heavy (non-hydrogen) atoms. The fraction of sp³-hybridized carbons (Fsp3) is 0.111. The van der Waals surface area contributed by atoms with Crippen molar-refractivity contribution in [1.82, 2.24) is 4.42 Å². The van der Waals surface area contributed by atoms with Gasteiger partial charge in [0.15, 0.2) is 11.6 Å². The molecule has 0 aromatic heterocycles. The molecule has 0 fully saturated rings. The normalized spacial score (nSPS) is 15.4. The van der Waals surface area contributed by atoms with Gasteiger partial charge in [-0.2, -0.15) is 0 Å². The van der Waals surface area contributed by atoms with Gasteiger partial charge in [0.2, 0.25) is 0 Å². The van der Waals surface area contributed by atoms with Crippen LogP contribution >= 0.6 is 11.8 Å². The smallest absolute Gasteiger partial charge is 0.182 e. The Bertz CT molecular complexity index is 381. The number of halogens is 3. The summed E-state index contributed by atoms with van der Waals surface area (Å²) in [6, 6.07) is 4.04. The fourth-order valence-electron chi connectivity index (χ4n) is 1.26. The minimum absolute atomic E-state index is 0.185. The summed E-state index contributed by atoms with van der Waals surface area (Å²) in [6.45, 7) is 0.307. The molecule has 0 spiro atoms. The second-order valence-corrected chi connectivity index (χ2v) is 3.32. The molecule has 5 heteroatoms. The van der Waals surface area contributed by atoms with E-state index in [1.807, 2.05) is 0 Å². The van der Waals surface area contributed by atoms with E-state index in [-0.39, 0.29) is 5.69 Å². The lowest BCUT2D eigenvalue weighted by atomic mass is 10.3. The molecule has 0 saturated heterocycles. The van der Waals surface area contributed by atoms with Gasteiger partial charge in [-0.25, -0.2) is 8.78 Å². The van der Waals surface area contributed by atoms with Crippen LogP contribution in [0.1, 0.15) is 0 Å². The van der Waals surface area contributed by atoms with E-state index < -0.39 is 11.6 Å². The number of hydrogen-bond donors (Lipinski definition) is 0. The Kier molecular flexibility index (Phi) is 2.29. The SMILES string of the molecule is Fc1cccc(N2C=CN(Cl)C2)c1F. The standard InChI is InChI=1S/C9H7ClF2N2/c10-14-5-4-13(6-14)8-3-1-2-7(11)9(8)12/h1-5H,6H2. The maximum Gasteiger partial charge on any atom is 0.182 e. The minimum Gasteiger partial charge on any atom is -0.325 e. The van der Waals surface area contributed by atoms with Crippen LogP contribution in [0.15, 0.2) is 30.6 Å². The van der Waals surface area contributed by atoms with Crippen molar-refractivity contribution in [3.63, 3.8) is 0 Å². The molecular formula is C9H7ClF2N2. The van der Waals surface area contributed by atoms with E-state index in [2.05, 4.69) is 0 Å². The first-order chi connectivity index (χ1) is 6.68. The maximum atomic E-state index is 13.3. The maximum absolute atomic E-state index is 13.3. The Morgan fingerprint density at radius 2 is 2.00 bits per heavy atom. The van der Waals surface area contributed by atoms with Crippen molar-refractivity contribution in [2.45, 2.75) is 0 Å². The summed E-state index contributed by atoms with van der Waals surface area (Å²) in [7, 11) is 0. The molecule has 0 N–H and O–H groups in total. The predicted octanol–water partition coefficient (Wildman–Crippen LogP) is 2.67. The quantitative estimate of drug-likeness (QED) is 0.666. The highest BCUT2D eigenvalue weighted by Gasteiger charge is 2.17. The molecule has 1 aliphatic heterocycles. The van der Waals surface area contributed by atoms with Gasteiger partial charge in [-0.15, -0.1) is 0 Å². The van der Waals surface area contributed by atoms with E-state index in [1.54, 1.807) is 12.4 Å². The highest BCUT2D eigenvalue weighted by atomic mass is 35.5. The number of anilines is 1. The van der Waals surface area contributed by atoms with E-state index in [0.717, 1.165) is 6.07 Å². The summed E-state index contributed by atoms with van der Waals surface area (Å²) in [5.41, 5.74) is 0.185. The summed E-state index contributed by atoms with van der Waals surface area (Å²) >= 11 is 5.64. The lowest BCUT2D eigenvalue weighted by Gasteiger charge is -2.17. The van der Waals surface area contributed by atoms with Crippen LogP contribution in [0.5, 0.6) is 0 Å². The molecule has 0 bridgehead atoms. The lowest BCUT2D eigenvalue weighted by Crippen LogP contribution is -2.20. The molecule has 0 saturated carbocycles. The Balaban J connectivity index is 2.33. The van der Waals surface area contributed by atoms with E-state index in [4.69, 9.17) is 11.8 Å². The van der Waals surface area contributed by atoms with Crippen molar-refractivity contribution in [1.29, 1.82) is 0 Å². The molecule has 2 nitrogen and oxygen atoms in total. The van der Waals surface area contributed by atoms with E-state index in [1.165, 1.54) is 21.5 Å². The van der Waals surface area contributed by atoms with Crippen LogP contribution in [-0.2, 0) is 0 Å². The van der Waals surface area contributed by atoms with Crippen LogP contribution in [0.25, 0.3) is 0 Å². The van der Waals surface area contributed by atoms with Crippen LogP contribution in [0, 0.1) is 11.6 Å². The molecular weight excluding hydrogens is 210 g/mol. The van der Waals surface area contributed by atoms with Gasteiger partial charge in [0.25, 0.3) is 0 Å². The molecule has 0 radical (unpaired) electrons. The Labute approximate surface area is 85.1 Å². The number of benzene rings is 1. The van der Waals surface area contributed by atoms with Crippen molar-refractivity contribution in [3.05, 3.63) is 42.2 Å². The molecule has 0 atom stereocenters. The number of hydrogen-bond acceptors (Lipinski definition) is 2. The topological polar surface area (TPSA) is 6.48 Å². The van der Waals surface area contributed by atoms with Gasteiger partial charge < -0.3 is 4.90 Å². The van der Waals surface area contributed by atoms with Crippen LogP contribution in [-0.4, -0.2) is 11.1 Å². The zero-order valence-electron chi connectivity index (χ0n) is 7.12. The van der Waals surface area contributed by atoms with Crippen molar-refractivity contribution in [3.8, 4) is 0 Å². The second kappa shape index (κ2) is 3.46. The van der Waals surface area contributed by atoms with Gasteiger partial charge in [-0.1, -0.05) is 6.07 Å². The number of nitrogens with zero attached hydrogens (tertiary/aromatic N) is 2. The molecule has 74 valence electrons. The van der Waals surface area contributed by atoms with Crippen LogP contribution < -0.4 is 4.90 Å². The van der Waals surface area contributed by atoms with Gasteiger partial charge >= 0.3 is 0 Å². The summed E-state index contributed by atoms with van der Waals surface area (Å²) in [4.78, 5) is 1.52. The van der Waals surface area contributed by atoms with Crippen molar-refractivity contribution in [2.24, 2.45) is 0 Å². The monoisotopic (exact) mass is 216 g/mol. The zero-order valence-corrected chi connectivity index (χ0v) is 7.88. The third-order valence-electron chi connectivity index (χ3n) is 1.94. The summed E-state index contributed by atoms with van der Waals surface area (Å²) in [5, 5.41) is 0. The van der Waals surface area contributed by atoms with Crippen LogP contribution in [0.4, 0.5) is 14.5 Å². The fourth-order valence-corrected chi connectivity index (χ4v) is 1.43. The van der Waals surface area contributed by atoms with Crippen LogP contribution in [0.3, 0.4) is 0 Å². The molecule has 2 rings (SSSR count). The Morgan fingerprint density at radius 3 is 2.64 bits per heavy atom. The second-order valence-electron chi connectivity index (χ2n) is 2.88. The van der Waals surface area contributed by atoms with Crippen molar-refractivity contribution >= 4 is 17.5 Å². The molecule has 0 aliphatic carbocycles. The zero-order chi connectivity index (χ0) is 10.1. The molecule has 1 heterocycles. The highest BCUT2D eigenvalue weighted by molar-refractivity contribution is 6.14. The first-order valence-corrected chi connectivity index (χ1v) is 4.33. The van der Waals surface area contributed by atoms with E-state index in [0.29, 0.717) is 6.67 Å². The Hall–Kier alpha value is -1.29.